The molecule has 1 amide bonds. The monoisotopic (exact) mass is 339 g/mol. The van der Waals surface area contributed by atoms with E-state index < -0.39 is 15.9 Å². The molecule has 7 heteroatoms. The Morgan fingerprint density at radius 1 is 1.59 bits per heavy atom. The summed E-state index contributed by atoms with van der Waals surface area (Å²) in [5.41, 5.74) is 0. The molecule has 0 fully saturated rings. The number of thiophene rings is 1. The van der Waals surface area contributed by atoms with Crippen molar-refractivity contribution in [3.63, 3.8) is 0 Å². The lowest BCUT2D eigenvalue weighted by molar-refractivity contribution is 0.0984. The molecule has 0 aliphatic heterocycles. The van der Waals surface area contributed by atoms with Gasteiger partial charge in [0.2, 0.25) is 10.0 Å². The van der Waals surface area contributed by atoms with Gasteiger partial charge in [0.1, 0.15) is 4.88 Å². The van der Waals surface area contributed by atoms with Gasteiger partial charge >= 0.3 is 0 Å². The summed E-state index contributed by atoms with van der Waals surface area (Å²) < 4.78 is 26.0. The molecule has 0 unspecified atom stereocenters. The molecule has 1 atom stereocenters. The Bertz CT molecular complexity index is 495. The fraction of sp³-hybridized carbons (Fsp3) is 0.500. The fourth-order valence-corrected chi connectivity index (χ4v) is 4.14. The van der Waals surface area contributed by atoms with Crippen LogP contribution in [0.3, 0.4) is 0 Å². The van der Waals surface area contributed by atoms with E-state index in [1.165, 1.54) is 11.3 Å². The molecular weight excluding hydrogens is 326 g/mol. The Kier molecular flexibility index (Phi) is 5.15. The third-order valence-corrected chi connectivity index (χ3v) is 5.61. The predicted molar refractivity (Wildman–Crippen MR) is 72.7 cm³/mol. The molecule has 1 heterocycles. The second-order valence-corrected chi connectivity index (χ2v) is 7.36. The maximum atomic E-state index is 11.7. The average molecular weight is 340 g/mol. The van der Waals surface area contributed by atoms with Crippen LogP contribution in [0.15, 0.2) is 15.9 Å². The molecule has 1 aromatic rings. The number of carbonyl (C=O) groups excluding carboxylic acids is 1. The van der Waals surface area contributed by atoms with Gasteiger partial charge in [-0.05, 0) is 33.3 Å². The molecule has 1 aromatic heterocycles. The van der Waals surface area contributed by atoms with Crippen molar-refractivity contribution in [2.45, 2.75) is 20.3 Å². The molecule has 4 nitrogen and oxygen atoms in total. The zero-order valence-corrected chi connectivity index (χ0v) is 12.8. The number of sulfonamides is 1. The van der Waals surface area contributed by atoms with Gasteiger partial charge in [-0.1, -0.05) is 20.3 Å². The van der Waals surface area contributed by atoms with Crippen molar-refractivity contribution in [1.82, 2.24) is 4.72 Å². The highest BCUT2D eigenvalue weighted by Gasteiger charge is 2.20. The topological polar surface area (TPSA) is 63.2 Å². The predicted octanol–water partition coefficient (Wildman–Crippen LogP) is 2.62. The van der Waals surface area contributed by atoms with Gasteiger partial charge in [-0.25, -0.2) is 13.1 Å². The lowest BCUT2D eigenvalue weighted by Crippen LogP contribution is -2.34. The van der Waals surface area contributed by atoms with Crippen molar-refractivity contribution >= 4 is 43.2 Å². The maximum Gasteiger partial charge on any atom is 0.275 e. The SMILES string of the molecule is CC[C@H](C)CS(=O)(=O)NC(=O)c1sccc1Br. The molecule has 0 spiro atoms. The molecular formula is C10H14BrNO3S2. The summed E-state index contributed by atoms with van der Waals surface area (Å²) in [5.74, 6) is -0.569. The lowest BCUT2D eigenvalue weighted by atomic mass is 10.2. The van der Waals surface area contributed by atoms with Crippen LogP contribution in [-0.4, -0.2) is 20.1 Å². The number of carbonyl (C=O) groups is 1. The first-order valence-electron chi connectivity index (χ1n) is 5.13. The summed E-state index contributed by atoms with van der Waals surface area (Å²) in [6, 6.07) is 1.71. The van der Waals surface area contributed by atoms with E-state index in [1.54, 1.807) is 11.4 Å². The van der Waals surface area contributed by atoms with E-state index in [0.717, 1.165) is 6.42 Å². The number of rotatable bonds is 5. The lowest BCUT2D eigenvalue weighted by Gasteiger charge is -2.10. The van der Waals surface area contributed by atoms with E-state index in [2.05, 4.69) is 20.7 Å². The highest BCUT2D eigenvalue weighted by molar-refractivity contribution is 9.10. The normalized spacial score (nSPS) is 13.4. The quantitative estimate of drug-likeness (QED) is 0.896. The summed E-state index contributed by atoms with van der Waals surface area (Å²) in [6.45, 7) is 3.75. The van der Waals surface area contributed by atoms with Gasteiger partial charge < -0.3 is 0 Å². The van der Waals surface area contributed by atoms with Gasteiger partial charge in [0.05, 0.1) is 5.75 Å². The van der Waals surface area contributed by atoms with Gasteiger partial charge in [0.15, 0.2) is 0 Å². The number of hydrogen-bond acceptors (Lipinski definition) is 4. The molecule has 1 N–H and O–H groups in total. The van der Waals surface area contributed by atoms with E-state index in [4.69, 9.17) is 0 Å². The number of amides is 1. The van der Waals surface area contributed by atoms with Gasteiger partial charge in [-0.3, -0.25) is 4.79 Å². The summed E-state index contributed by atoms with van der Waals surface area (Å²) >= 11 is 4.39. The Morgan fingerprint density at radius 2 is 2.24 bits per heavy atom. The smallest absolute Gasteiger partial charge is 0.267 e. The largest absolute Gasteiger partial charge is 0.275 e. The summed E-state index contributed by atoms with van der Waals surface area (Å²) in [4.78, 5) is 12.1. The number of halogens is 1. The Morgan fingerprint density at radius 3 is 2.71 bits per heavy atom. The third-order valence-electron chi connectivity index (χ3n) is 2.27. The van der Waals surface area contributed by atoms with Crippen molar-refractivity contribution in [2.75, 3.05) is 5.75 Å². The fourth-order valence-electron chi connectivity index (χ4n) is 1.18. The van der Waals surface area contributed by atoms with Crippen molar-refractivity contribution < 1.29 is 13.2 Å². The molecule has 0 aliphatic carbocycles. The highest BCUT2D eigenvalue weighted by atomic mass is 79.9. The second kappa shape index (κ2) is 5.97. The zero-order chi connectivity index (χ0) is 13.1. The first kappa shape index (κ1) is 14.7. The molecule has 96 valence electrons. The van der Waals surface area contributed by atoms with Crippen LogP contribution in [0.1, 0.15) is 29.9 Å². The average Bonchev–Trinajstić information content (AvgIpc) is 2.62. The molecule has 0 aliphatic rings. The zero-order valence-electron chi connectivity index (χ0n) is 9.57. The minimum absolute atomic E-state index is 0.0295. The van der Waals surface area contributed by atoms with Crippen molar-refractivity contribution in [1.29, 1.82) is 0 Å². The van der Waals surface area contributed by atoms with Crippen LogP contribution in [0.2, 0.25) is 0 Å². The number of hydrogen-bond donors (Lipinski definition) is 1. The van der Waals surface area contributed by atoms with Crippen LogP contribution in [0.25, 0.3) is 0 Å². The van der Waals surface area contributed by atoms with E-state index in [0.29, 0.717) is 9.35 Å². The van der Waals surface area contributed by atoms with Crippen LogP contribution >= 0.6 is 27.3 Å². The molecule has 0 saturated carbocycles. The van der Waals surface area contributed by atoms with Crippen molar-refractivity contribution in [3.8, 4) is 0 Å². The van der Waals surface area contributed by atoms with Gasteiger partial charge in [-0.2, -0.15) is 0 Å². The minimum atomic E-state index is -3.55. The van der Waals surface area contributed by atoms with Crippen LogP contribution < -0.4 is 4.72 Å². The maximum absolute atomic E-state index is 11.7. The van der Waals surface area contributed by atoms with Crippen LogP contribution in [0, 0.1) is 5.92 Å². The Hall–Kier alpha value is -0.400. The summed E-state index contributed by atoms with van der Waals surface area (Å²) in [5, 5.41) is 1.72. The minimum Gasteiger partial charge on any atom is -0.267 e. The van der Waals surface area contributed by atoms with Crippen LogP contribution in [-0.2, 0) is 10.0 Å². The van der Waals surface area contributed by atoms with Gasteiger partial charge in [0, 0.05) is 4.47 Å². The van der Waals surface area contributed by atoms with Crippen molar-refractivity contribution in [3.05, 3.63) is 20.8 Å². The van der Waals surface area contributed by atoms with Gasteiger partial charge in [-0.15, -0.1) is 11.3 Å². The van der Waals surface area contributed by atoms with Crippen LogP contribution in [0.5, 0.6) is 0 Å². The van der Waals surface area contributed by atoms with E-state index >= 15 is 0 Å². The van der Waals surface area contributed by atoms with E-state index in [9.17, 15) is 13.2 Å². The highest BCUT2D eigenvalue weighted by Crippen LogP contribution is 2.22. The molecule has 0 saturated heterocycles. The second-order valence-electron chi connectivity index (χ2n) is 3.82. The first-order valence-corrected chi connectivity index (χ1v) is 8.46. The molecule has 0 aromatic carbocycles. The van der Waals surface area contributed by atoms with E-state index in [-0.39, 0.29) is 11.7 Å². The van der Waals surface area contributed by atoms with Crippen LogP contribution in [0.4, 0.5) is 0 Å². The summed E-state index contributed by atoms with van der Waals surface area (Å²) in [6.07, 6.45) is 0.762. The first-order chi connectivity index (χ1) is 7.85. The molecule has 0 bridgehead atoms. The molecule has 0 radical (unpaired) electrons. The third kappa shape index (κ3) is 4.40. The summed E-state index contributed by atoms with van der Waals surface area (Å²) in [7, 11) is -3.55. The Labute approximate surface area is 114 Å². The number of nitrogens with one attached hydrogen (secondary N) is 1. The van der Waals surface area contributed by atoms with Gasteiger partial charge in [0.25, 0.3) is 5.91 Å². The standard InChI is InChI=1S/C10H14BrNO3S2/c1-3-7(2)6-17(14,15)12-10(13)9-8(11)4-5-16-9/h4-5,7H,3,6H2,1-2H3,(H,12,13)/t7-/m0/s1. The molecule has 1 rings (SSSR count). The van der Waals surface area contributed by atoms with Crippen molar-refractivity contribution in [2.24, 2.45) is 5.92 Å². The molecule has 17 heavy (non-hydrogen) atoms. The van der Waals surface area contributed by atoms with E-state index in [1.807, 2.05) is 13.8 Å². The Balaban J connectivity index is 2.72.